The quantitative estimate of drug-likeness (QED) is 0.676. The molecule has 10 heteroatoms. The van der Waals surface area contributed by atoms with E-state index in [1.165, 1.54) is 18.2 Å². The molecule has 2 aromatic rings. The normalized spacial score (nSPS) is 16.0. The minimum atomic E-state index is -4.35. The number of nitrogens with zero attached hydrogens (tertiary/aromatic N) is 2. The van der Waals surface area contributed by atoms with E-state index in [0.29, 0.717) is 32.7 Å². The SMILES string of the molecule is CC(NC(=O)c1cccc(Cl)c1Cl)C(=O)N1CCN(Cc2ccc(C(F)(F)F)cc2)CC1. The molecular weight excluding hydrogens is 466 g/mol. The first-order chi connectivity index (χ1) is 15.1. The molecule has 2 amide bonds. The second-order valence-corrected chi connectivity index (χ2v) is 8.38. The van der Waals surface area contributed by atoms with Crippen molar-refractivity contribution in [2.45, 2.75) is 25.7 Å². The molecule has 5 nitrogen and oxygen atoms in total. The summed E-state index contributed by atoms with van der Waals surface area (Å²) in [5.74, 6) is -0.704. The molecule has 0 saturated carbocycles. The Morgan fingerprint density at radius 3 is 2.25 bits per heavy atom. The van der Waals surface area contributed by atoms with Crippen LogP contribution in [0, 0.1) is 0 Å². The number of hydrogen-bond donors (Lipinski definition) is 1. The highest BCUT2D eigenvalue weighted by Crippen LogP contribution is 2.29. The van der Waals surface area contributed by atoms with Gasteiger partial charge in [0.2, 0.25) is 5.91 Å². The molecule has 0 aliphatic carbocycles. The van der Waals surface area contributed by atoms with Gasteiger partial charge in [-0.05, 0) is 36.8 Å². The van der Waals surface area contributed by atoms with Crippen LogP contribution >= 0.6 is 23.2 Å². The largest absolute Gasteiger partial charge is 0.416 e. The Balaban J connectivity index is 1.50. The molecule has 1 N–H and O–H groups in total. The van der Waals surface area contributed by atoms with E-state index in [9.17, 15) is 22.8 Å². The van der Waals surface area contributed by atoms with Gasteiger partial charge in [0.25, 0.3) is 5.91 Å². The zero-order valence-corrected chi connectivity index (χ0v) is 18.8. The predicted octanol–water partition coefficient (Wildman–Crippen LogP) is 4.47. The molecule has 172 valence electrons. The average Bonchev–Trinajstić information content (AvgIpc) is 2.75. The van der Waals surface area contributed by atoms with Crippen LogP contribution in [0.25, 0.3) is 0 Å². The van der Waals surface area contributed by atoms with Crippen LogP contribution < -0.4 is 5.32 Å². The predicted molar refractivity (Wildman–Crippen MR) is 117 cm³/mol. The first-order valence-electron chi connectivity index (χ1n) is 9.98. The first kappa shape index (κ1) is 24.4. The lowest BCUT2D eigenvalue weighted by Gasteiger charge is -2.36. The summed E-state index contributed by atoms with van der Waals surface area (Å²) >= 11 is 12.0. The molecule has 0 bridgehead atoms. The lowest BCUT2D eigenvalue weighted by atomic mass is 10.1. The van der Waals surface area contributed by atoms with E-state index >= 15 is 0 Å². The van der Waals surface area contributed by atoms with Crippen molar-refractivity contribution in [1.82, 2.24) is 15.1 Å². The van der Waals surface area contributed by atoms with E-state index in [2.05, 4.69) is 10.2 Å². The molecule has 1 unspecified atom stereocenters. The zero-order chi connectivity index (χ0) is 23.5. The third-order valence-electron chi connectivity index (χ3n) is 5.29. The van der Waals surface area contributed by atoms with Crippen molar-refractivity contribution in [3.63, 3.8) is 0 Å². The van der Waals surface area contributed by atoms with Crippen LogP contribution in [0.15, 0.2) is 42.5 Å². The van der Waals surface area contributed by atoms with Crippen LogP contribution in [0.4, 0.5) is 13.2 Å². The van der Waals surface area contributed by atoms with Crippen molar-refractivity contribution < 1.29 is 22.8 Å². The number of benzene rings is 2. The smallest absolute Gasteiger partial charge is 0.340 e. The number of nitrogens with one attached hydrogen (secondary N) is 1. The summed E-state index contributed by atoms with van der Waals surface area (Å²) in [7, 11) is 0. The Labute approximate surface area is 194 Å². The number of rotatable bonds is 5. The fourth-order valence-corrected chi connectivity index (χ4v) is 3.86. The number of carbonyl (C=O) groups is 2. The fraction of sp³-hybridized carbons (Fsp3) is 0.364. The van der Waals surface area contributed by atoms with Crippen molar-refractivity contribution >= 4 is 35.0 Å². The lowest BCUT2D eigenvalue weighted by molar-refractivity contribution is -0.137. The maximum absolute atomic E-state index is 12.7. The Bertz CT molecular complexity index is 975. The molecule has 1 aliphatic rings. The Morgan fingerprint density at radius 1 is 1.03 bits per heavy atom. The summed E-state index contributed by atoms with van der Waals surface area (Å²) in [5, 5.41) is 3.03. The summed E-state index contributed by atoms with van der Waals surface area (Å²) in [6.45, 7) is 4.17. The lowest BCUT2D eigenvalue weighted by Crippen LogP contribution is -2.53. The van der Waals surface area contributed by atoms with Crippen molar-refractivity contribution in [3.8, 4) is 0 Å². The number of halogens is 5. The third-order valence-corrected chi connectivity index (χ3v) is 6.10. The van der Waals surface area contributed by atoms with Crippen LogP contribution in [-0.2, 0) is 17.5 Å². The molecule has 3 rings (SSSR count). The number of amides is 2. The second kappa shape index (κ2) is 10.1. The standard InChI is InChI=1S/C22H22Cl2F3N3O2/c1-14(28-20(31)17-3-2-4-18(23)19(17)24)21(32)30-11-9-29(10-12-30)13-15-5-7-16(8-6-15)22(25,26)27/h2-8,14H,9-13H2,1H3,(H,28,31). The van der Waals surface area contributed by atoms with Crippen molar-refractivity contribution in [3.05, 3.63) is 69.2 Å². The number of piperazine rings is 1. The van der Waals surface area contributed by atoms with Crippen molar-refractivity contribution in [2.75, 3.05) is 26.2 Å². The molecule has 0 aromatic heterocycles. The molecule has 0 spiro atoms. The van der Waals surface area contributed by atoms with Crippen molar-refractivity contribution in [1.29, 1.82) is 0 Å². The monoisotopic (exact) mass is 487 g/mol. The molecule has 1 saturated heterocycles. The van der Waals surface area contributed by atoms with Gasteiger partial charge in [-0.2, -0.15) is 13.2 Å². The summed E-state index contributed by atoms with van der Waals surface area (Å²) < 4.78 is 38.1. The Kier molecular flexibility index (Phi) is 7.69. The van der Waals surface area contributed by atoms with Gasteiger partial charge in [-0.1, -0.05) is 41.4 Å². The molecule has 32 heavy (non-hydrogen) atoms. The summed E-state index contributed by atoms with van der Waals surface area (Å²) in [4.78, 5) is 28.9. The van der Waals surface area contributed by atoms with Gasteiger partial charge in [0.1, 0.15) is 6.04 Å². The molecule has 1 atom stereocenters. The highest BCUT2D eigenvalue weighted by molar-refractivity contribution is 6.43. The summed E-state index contributed by atoms with van der Waals surface area (Å²) in [5.41, 5.74) is 0.295. The molecular formula is C22H22Cl2F3N3O2. The third kappa shape index (κ3) is 5.94. The second-order valence-electron chi connectivity index (χ2n) is 7.59. The Morgan fingerprint density at radius 2 is 1.66 bits per heavy atom. The van der Waals surface area contributed by atoms with E-state index in [1.54, 1.807) is 24.0 Å². The highest BCUT2D eigenvalue weighted by atomic mass is 35.5. The van der Waals surface area contributed by atoms with Crippen LogP contribution in [0.1, 0.15) is 28.4 Å². The van der Waals surface area contributed by atoms with Crippen molar-refractivity contribution in [2.24, 2.45) is 0 Å². The van der Waals surface area contributed by atoms with E-state index in [0.717, 1.165) is 17.7 Å². The zero-order valence-electron chi connectivity index (χ0n) is 17.3. The molecule has 0 radical (unpaired) electrons. The summed E-state index contributed by atoms with van der Waals surface area (Å²) in [6.07, 6.45) is -4.35. The van der Waals surface area contributed by atoms with Crippen LogP contribution in [0.5, 0.6) is 0 Å². The van der Waals surface area contributed by atoms with E-state index in [4.69, 9.17) is 23.2 Å². The van der Waals surface area contributed by atoms with E-state index in [-0.39, 0.29) is 21.5 Å². The summed E-state index contributed by atoms with van der Waals surface area (Å²) in [6, 6.07) is 9.04. The maximum Gasteiger partial charge on any atom is 0.416 e. The van der Waals surface area contributed by atoms with E-state index < -0.39 is 23.7 Å². The highest BCUT2D eigenvalue weighted by Gasteiger charge is 2.30. The van der Waals surface area contributed by atoms with Gasteiger partial charge in [-0.15, -0.1) is 0 Å². The van der Waals surface area contributed by atoms with Gasteiger partial charge in [-0.3, -0.25) is 14.5 Å². The minimum absolute atomic E-state index is 0.128. The number of hydrogen-bond acceptors (Lipinski definition) is 3. The van der Waals surface area contributed by atoms with Gasteiger partial charge >= 0.3 is 6.18 Å². The van der Waals surface area contributed by atoms with Gasteiger partial charge in [0.15, 0.2) is 0 Å². The van der Waals surface area contributed by atoms with E-state index in [1.807, 2.05) is 0 Å². The Hall–Kier alpha value is -2.29. The van der Waals surface area contributed by atoms with Crippen LogP contribution in [0.2, 0.25) is 10.0 Å². The van der Waals surface area contributed by atoms with Gasteiger partial charge < -0.3 is 10.2 Å². The molecule has 1 aliphatic heterocycles. The van der Waals surface area contributed by atoms with Gasteiger partial charge in [0.05, 0.1) is 21.2 Å². The minimum Gasteiger partial charge on any atom is -0.340 e. The first-order valence-corrected chi connectivity index (χ1v) is 10.7. The number of carbonyl (C=O) groups excluding carboxylic acids is 2. The fourth-order valence-electron chi connectivity index (χ4n) is 3.47. The van der Waals surface area contributed by atoms with Gasteiger partial charge in [-0.25, -0.2) is 0 Å². The molecule has 1 heterocycles. The topological polar surface area (TPSA) is 52.7 Å². The molecule has 1 fully saturated rings. The van der Waals surface area contributed by atoms with Gasteiger partial charge in [0, 0.05) is 32.7 Å². The molecule has 2 aromatic carbocycles. The maximum atomic E-state index is 12.7. The van der Waals surface area contributed by atoms with Crippen LogP contribution in [-0.4, -0.2) is 53.8 Å². The van der Waals surface area contributed by atoms with Crippen LogP contribution in [0.3, 0.4) is 0 Å². The number of alkyl halides is 3. The average molecular weight is 488 g/mol.